The van der Waals surface area contributed by atoms with Gasteiger partial charge in [-0.25, -0.2) is 4.79 Å². The highest BCUT2D eigenvalue weighted by molar-refractivity contribution is 7.15. The third-order valence-corrected chi connectivity index (χ3v) is 4.63. The number of nitrogens with one attached hydrogen (secondary N) is 2. The summed E-state index contributed by atoms with van der Waals surface area (Å²) in [5.41, 5.74) is 0.894. The van der Waals surface area contributed by atoms with Crippen molar-refractivity contribution in [2.24, 2.45) is 5.92 Å². The Morgan fingerprint density at radius 2 is 1.92 bits per heavy atom. The topological polar surface area (TPSA) is 66.9 Å². The summed E-state index contributed by atoms with van der Waals surface area (Å²) in [6.45, 7) is 0. The fourth-order valence-electron chi connectivity index (χ4n) is 2.24. The third-order valence-electron chi connectivity index (χ3n) is 3.50. The quantitative estimate of drug-likeness (QED) is 0.826. The number of amides is 2. The van der Waals surface area contributed by atoms with E-state index in [-0.39, 0.29) is 22.5 Å². The van der Waals surface area contributed by atoms with E-state index in [9.17, 15) is 18.0 Å². The van der Waals surface area contributed by atoms with E-state index in [0.717, 1.165) is 18.4 Å². The number of anilines is 1. The molecule has 1 saturated carbocycles. The molecule has 3 rings (SSSR count). The molecule has 1 aromatic heterocycles. The summed E-state index contributed by atoms with van der Waals surface area (Å²) in [5, 5.41) is 10.7. The minimum Gasteiger partial charge on any atom is -0.331 e. The molecule has 0 bridgehead atoms. The molecule has 10 heteroatoms. The van der Waals surface area contributed by atoms with Crippen molar-refractivity contribution in [3.8, 4) is 0 Å². The maximum Gasteiger partial charge on any atom is 0.445 e. The highest BCUT2D eigenvalue weighted by Gasteiger charge is 2.36. The molecule has 128 valence electrons. The lowest BCUT2D eigenvalue weighted by Crippen LogP contribution is -2.33. The molecule has 0 radical (unpaired) electrons. The fourth-order valence-corrected chi connectivity index (χ4v) is 2.97. The molecule has 24 heavy (non-hydrogen) atoms. The summed E-state index contributed by atoms with van der Waals surface area (Å²) in [7, 11) is 0. The number of carbonyl (C=O) groups excluding carboxylic acids is 1. The van der Waals surface area contributed by atoms with Crippen LogP contribution in [0.4, 0.5) is 23.1 Å². The number of urea groups is 1. The molecule has 0 saturated heterocycles. The second kappa shape index (κ2) is 6.56. The van der Waals surface area contributed by atoms with Gasteiger partial charge >= 0.3 is 12.2 Å². The number of halogens is 4. The Morgan fingerprint density at radius 1 is 1.25 bits per heavy atom. The number of hydrogen-bond donors (Lipinski definition) is 2. The van der Waals surface area contributed by atoms with Gasteiger partial charge in [-0.05, 0) is 36.5 Å². The van der Waals surface area contributed by atoms with Crippen LogP contribution in [0.15, 0.2) is 24.3 Å². The monoisotopic (exact) mass is 376 g/mol. The zero-order valence-electron chi connectivity index (χ0n) is 12.1. The molecule has 1 fully saturated rings. The Balaban J connectivity index is 1.66. The van der Waals surface area contributed by atoms with Crippen LogP contribution in [-0.4, -0.2) is 16.2 Å². The van der Waals surface area contributed by atoms with E-state index in [1.165, 1.54) is 0 Å². The lowest BCUT2D eigenvalue weighted by Gasteiger charge is -2.18. The lowest BCUT2D eigenvalue weighted by molar-refractivity contribution is -0.138. The van der Waals surface area contributed by atoms with Gasteiger partial charge in [-0.1, -0.05) is 35.1 Å². The highest BCUT2D eigenvalue weighted by atomic mass is 35.5. The minimum absolute atomic E-state index is 0.203. The first-order chi connectivity index (χ1) is 11.3. The molecule has 0 spiro atoms. The lowest BCUT2D eigenvalue weighted by atomic mass is 10.0. The molecule has 1 atom stereocenters. The van der Waals surface area contributed by atoms with Gasteiger partial charge in [0.15, 0.2) is 0 Å². The van der Waals surface area contributed by atoms with Crippen molar-refractivity contribution in [2.75, 3.05) is 5.32 Å². The van der Waals surface area contributed by atoms with Gasteiger partial charge < -0.3 is 5.32 Å². The Morgan fingerprint density at radius 3 is 2.46 bits per heavy atom. The van der Waals surface area contributed by atoms with E-state index in [4.69, 9.17) is 11.6 Å². The van der Waals surface area contributed by atoms with Gasteiger partial charge in [0, 0.05) is 5.02 Å². The summed E-state index contributed by atoms with van der Waals surface area (Å²) in [4.78, 5) is 12.1. The normalized spacial score (nSPS) is 15.8. The fraction of sp³-hybridized carbons (Fsp3) is 0.357. The average molecular weight is 377 g/mol. The van der Waals surface area contributed by atoms with Crippen LogP contribution in [0, 0.1) is 5.92 Å². The van der Waals surface area contributed by atoms with Crippen LogP contribution in [0.5, 0.6) is 0 Å². The van der Waals surface area contributed by atoms with Crippen molar-refractivity contribution in [1.29, 1.82) is 0 Å². The van der Waals surface area contributed by atoms with Gasteiger partial charge in [0.1, 0.15) is 0 Å². The molecule has 1 aliphatic rings. The SMILES string of the molecule is O=C(Nc1nnc(C(F)(F)F)s1)NC(c1ccc(Cl)cc1)C1CC1. The van der Waals surface area contributed by atoms with Gasteiger partial charge in [0.25, 0.3) is 0 Å². The van der Waals surface area contributed by atoms with Gasteiger partial charge in [-0.2, -0.15) is 13.2 Å². The van der Waals surface area contributed by atoms with Crippen LogP contribution in [0.3, 0.4) is 0 Å². The van der Waals surface area contributed by atoms with E-state index < -0.39 is 17.2 Å². The van der Waals surface area contributed by atoms with Crippen molar-refractivity contribution in [1.82, 2.24) is 15.5 Å². The van der Waals surface area contributed by atoms with Gasteiger partial charge in [-0.3, -0.25) is 5.32 Å². The number of rotatable bonds is 4. The zero-order chi connectivity index (χ0) is 17.3. The number of carbonyl (C=O) groups is 1. The van der Waals surface area contributed by atoms with Gasteiger partial charge in [0.2, 0.25) is 10.1 Å². The van der Waals surface area contributed by atoms with Crippen molar-refractivity contribution >= 4 is 34.1 Å². The average Bonchev–Trinajstić information content (AvgIpc) is 3.24. The van der Waals surface area contributed by atoms with Crippen LogP contribution >= 0.6 is 22.9 Å². The molecule has 1 unspecified atom stereocenters. The second-order valence-electron chi connectivity index (χ2n) is 5.38. The first-order valence-corrected chi connectivity index (χ1v) is 8.26. The van der Waals surface area contributed by atoms with E-state index in [1.807, 2.05) is 12.1 Å². The molecule has 1 heterocycles. The van der Waals surface area contributed by atoms with Crippen LogP contribution in [0.1, 0.15) is 29.5 Å². The molecule has 2 amide bonds. The van der Waals surface area contributed by atoms with Crippen molar-refractivity contribution in [2.45, 2.75) is 25.1 Å². The van der Waals surface area contributed by atoms with Gasteiger partial charge in [0.05, 0.1) is 6.04 Å². The van der Waals surface area contributed by atoms with Crippen LogP contribution < -0.4 is 10.6 Å². The largest absolute Gasteiger partial charge is 0.445 e. The second-order valence-corrected chi connectivity index (χ2v) is 6.79. The molecular formula is C14H12ClF3N4OS. The summed E-state index contributed by atoms with van der Waals surface area (Å²) in [6, 6.07) is 6.25. The summed E-state index contributed by atoms with van der Waals surface area (Å²) < 4.78 is 37.5. The Kier molecular flexibility index (Phi) is 4.64. The molecule has 1 aromatic carbocycles. The predicted molar refractivity (Wildman–Crippen MR) is 84.0 cm³/mol. The minimum atomic E-state index is -4.58. The predicted octanol–water partition coefficient (Wildman–Crippen LogP) is 4.48. The first kappa shape index (κ1) is 17.0. The smallest absolute Gasteiger partial charge is 0.331 e. The van der Waals surface area contributed by atoms with Gasteiger partial charge in [-0.15, -0.1) is 10.2 Å². The van der Waals surface area contributed by atoms with E-state index >= 15 is 0 Å². The Bertz CT molecular complexity index is 730. The first-order valence-electron chi connectivity index (χ1n) is 7.06. The summed E-state index contributed by atoms with van der Waals surface area (Å²) >= 11 is 6.14. The van der Waals surface area contributed by atoms with Crippen molar-refractivity contribution in [3.05, 3.63) is 39.9 Å². The molecule has 1 aliphatic carbocycles. The maximum absolute atomic E-state index is 12.5. The summed E-state index contributed by atoms with van der Waals surface area (Å²) in [5.74, 6) is 0.303. The van der Waals surface area contributed by atoms with Crippen LogP contribution in [0.25, 0.3) is 0 Å². The van der Waals surface area contributed by atoms with E-state index in [0.29, 0.717) is 10.9 Å². The molecule has 0 aliphatic heterocycles. The number of benzene rings is 1. The third kappa shape index (κ3) is 4.15. The standard InChI is InChI=1S/C14H12ClF3N4OS/c15-9-5-3-8(4-6-9)10(7-1-2-7)19-12(23)20-13-22-21-11(24-13)14(16,17)18/h3-7,10H,1-2H2,(H2,19,20,22,23). The number of nitrogens with zero attached hydrogens (tertiary/aromatic N) is 2. The van der Waals surface area contributed by atoms with Crippen LogP contribution in [-0.2, 0) is 6.18 Å². The van der Waals surface area contributed by atoms with Crippen LogP contribution in [0.2, 0.25) is 5.02 Å². The number of hydrogen-bond acceptors (Lipinski definition) is 4. The van der Waals surface area contributed by atoms with Crippen molar-refractivity contribution in [3.63, 3.8) is 0 Å². The molecular weight excluding hydrogens is 365 g/mol. The van der Waals surface area contributed by atoms with E-state index in [2.05, 4.69) is 20.8 Å². The molecule has 2 aromatic rings. The number of aromatic nitrogens is 2. The maximum atomic E-state index is 12.5. The molecule has 2 N–H and O–H groups in total. The number of alkyl halides is 3. The Hall–Kier alpha value is -1.87. The zero-order valence-corrected chi connectivity index (χ0v) is 13.7. The summed E-state index contributed by atoms with van der Waals surface area (Å²) in [6.07, 6.45) is -2.62. The van der Waals surface area contributed by atoms with E-state index in [1.54, 1.807) is 12.1 Å². The Labute approximate surface area is 144 Å². The molecule has 5 nitrogen and oxygen atoms in total. The highest BCUT2D eigenvalue weighted by Crippen LogP contribution is 2.41. The van der Waals surface area contributed by atoms with Crippen molar-refractivity contribution < 1.29 is 18.0 Å².